The van der Waals surface area contributed by atoms with Gasteiger partial charge in [0, 0.05) is 0 Å². The molecule has 0 saturated carbocycles. The minimum absolute atomic E-state index is 2.08. The first kappa shape index (κ1) is 21.9. The fourth-order valence-corrected chi connectivity index (χ4v) is 1.71. The average Bonchev–Trinajstić information content (AvgIpc) is 2.93. The molecule has 1 unspecified atom stereocenters. The van der Waals surface area contributed by atoms with E-state index in [2.05, 4.69) is 4.84 Å². The van der Waals surface area contributed by atoms with E-state index in [-0.39, 0.29) is 0 Å². The highest BCUT2D eigenvalue weighted by Gasteiger charge is 2.92. The van der Waals surface area contributed by atoms with E-state index in [4.69, 9.17) is 0 Å². The highest BCUT2D eigenvalue weighted by molar-refractivity contribution is 5.16. The van der Waals surface area contributed by atoms with Gasteiger partial charge in [0.25, 0.3) is 5.54 Å². The van der Waals surface area contributed by atoms with Crippen molar-refractivity contribution in [3.63, 3.8) is 0 Å². The molecule has 0 amide bonds. The molecule has 1 aliphatic rings. The van der Waals surface area contributed by atoms with Crippen LogP contribution in [-0.4, -0.2) is 53.6 Å². The Balaban J connectivity index is 3.50. The van der Waals surface area contributed by atoms with E-state index in [9.17, 15) is 65.9 Å². The summed E-state index contributed by atoms with van der Waals surface area (Å²) in [7, 11) is 0. The Bertz CT molecular complexity index is 454. The summed E-state index contributed by atoms with van der Waals surface area (Å²) < 4.78 is 187. The summed E-state index contributed by atoms with van der Waals surface area (Å²) >= 11 is 0. The van der Waals surface area contributed by atoms with Gasteiger partial charge >= 0.3 is 36.5 Å². The van der Waals surface area contributed by atoms with Gasteiger partial charge in [-0.05, 0) is 0 Å². The number of hydroxylamine groups is 2. The molecule has 17 heteroatoms. The first-order valence-electron chi connectivity index (χ1n) is 5.36. The monoisotopic (exact) mass is 413 g/mol. The second-order valence-corrected chi connectivity index (χ2v) is 4.66. The van der Waals surface area contributed by atoms with Gasteiger partial charge < -0.3 is 0 Å². The smallest absolute Gasteiger partial charge is 0.264 e. The van der Waals surface area contributed by atoms with Crippen LogP contribution in [0.1, 0.15) is 0 Å². The van der Waals surface area contributed by atoms with Crippen molar-refractivity contribution in [1.82, 2.24) is 5.06 Å². The second-order valence-electron chi connectivity index (χ2n) is 4.66. The van der Waals surface area contributed by atoms with E-state index in [0.717, 1.165) is 0 Å². The Hall–Kier alpha value is -1.13. The van der Waals surface area contributed by atoms with Crippen molar-refractivity contribution in [3.8, 4) is 0 Å². The Kier molecular flexibility index (Phi) is 4.56. The van der Waals surface area contributed by atoms with Gasteiger partial charge in [0.15, 0.2) is 0 Å². The molecule has 1 aliphatic heterocycles. The third-order valence-electron chi connectivity index (χ3n) is 3.08. The highest BCUT2D eigenvalue weighted by atomic mass is 19.4. The molecule has 150 valence electrons. The predicted octanol–water partition coefficient (Wildman–Crippen LogP) is 4.52. The Labute approximate surface area is 126 Å². The van der Waals surface area contributed by atoms with Crippen LogP contribution in [0.4, 0.5) is 65.9 Å². The van der Waals surface area contributed by atoms with E-state index in [1.54, 1.807) is 0 Å². The lowest BCUT2D eigenvalue weighted by atomic mass is 10.0. The van der Waals surface area contributed by atoms with Gasteiger partial charge in [-0.15, -0.1) is 0 Å². The SMILES string of the molecule is FC(F)(F)C1(C(F)(F)F)CN1OC(C(F)(F)F)(C(F)(F)F)C(F)(F)F. The molecule has 0 spiro atoms. The summed E-state index contributed by atoms with van der Waals surface area (Å²) in [6, 6.07) is 0. The van der Waals surface area contributed by atoms with Gasteiger partial charge in [-0.25, -0.2) is 0 Å². The fourth-order valence-electron chi connectivity index (χ4n) is 1.71. The van der Waals surface area contributed by atoms with Gasteiger partial charge in [0.2, 0.25) is 0 Å². The van der Waals surface area contributed by atoms with Gasteiger partial charge in [-0.1, -0.05) is 0 Å². The molecule has 0 bridgehead atoms. The van der Waals surface area contributed by atoms with Crippen LogP contribution in [-0.2, 0) is 4.84 Å². The molecule has 25 heavy (non-hydrogen) atoms. The van der Waals surface area contributed by atoms with Crippen LogP contribution in [0, 0.1) is 0 Å². The summed E-state index contributed by atoms with van der Waals surface area (Å²) in [5, 5.41) is -2.08. The Morgan fingerprint density at radius 2 is 0.840 bits per heavy atom. The van der Waals surface area contributed by atoms with Crippen LogP contribution in [0.3, 0.4) is 0 Å². The van der Waals surface area contributed by atoms with Crippen LogP contribution >= 0.6 is 0 Å². The normalized spacial score (nSPS) is 22.9. The zero-order valence-electron chi connectivity index (χ0n) is 10.7. The van der Waals surface area contributed by atoms with Crippen molar-refractivity contribution in [2.45, 2.75) is 42.0 Å². The third kappa shape index (κ3) is 2.97. The first-order chi connectivity index (χ1) is 10.6. The van der Waals surface area contributed by atoms with Crippen molar-refractivity contribution in [2.75, 3.05) is 6.54 Å². The van der Waals surface area contributed by atoms with Crippen molar-refractivity contribution >= 4 is 0 Å². The lowest BCUT2D eigenvalue weighted by molar-refractivity contribution is -0.493. The van der Waals surface area contributed by atoms with E-state index in [0.29, 0.717) is 0 Å². The molecular formula is C8H2F15NO. The maximum Gasteiger partial charge on any atom is 0.437 e. The number of rotatable bonds is 2. The molecule has 1 atom stereocenters. The maximum atomic E-state index is 12.4. The van der Waals surface area contributed by atoms with Crippen LogP contribution < -0.4 is 0 Å². The number of alkyl halides is 15. The summed E-state index contributed by atoms with van der Waals surface area (Å²) in [6.07, 6.45) is -35.6. The molecule has 0 aromatic rings. The van der Waals surface area contributed by atoms with Gasteiger partial charge in [0.05, 0.1) is 6.54 Å². The molecule has 1 saturated heterocycles. The maximum absolute atomic E-state index is 12.4. The third-order valence-corrected chi connectivity index (χ3v) is 3.08. The largest absolute Gasteiger partial charge is 0.437 e. The summed E-state index contributed by atoms with van der Waals surface area (Å²) in [5.41, 5.74) is -12.7. The molecular weight excluding hydrogens is 411 g/mol. The van der Waals surface area contributed by atoms with Gasteiger partial charge in [-0.2, -0.15) is 70.9 Å². The Morgan fingerprint density at radius 1 is 0.560 bits per heavy atom. The number of nitrogens with zero attached hydrogens (tertiary/aromatic N) is 1. The quantitative estimate of drug-likeness (QED) is 0.488. The van der Waals surface area contributed by atoms with Crippen molar-refractivity contribution < 1.29 is 70.7 Å². The average molecular weight is 413 g/mol. The first-order valence-corrected chi connectivity index (χ1v) is 5.36. The minimum Gasteiger partial charge on any atom is -0.264 e. The number of halogens is 15. The molecule has 2 nitrogen and oxygen atoms in total. The summed E-state index contributed by atoms with van der Waals surface area (Å²) in [4.78, 5) is 2.33. The molecule has 0 N–H and O–H groups in total. The topological polar surface area (TPSA) is 12.2 Å². The highest BCUT2D eigenvalue weighted by Crippen LogP contribution is 2.62. The molecule has 0 aromatic heterocycles. The number of hydrogen-bond donors (Lipinski definition) is 0. The van der Waals surface area contributed by atoms with E-state index in [1.807, 2.05) is 0 Å². The molecule has 1 fully saturated rings. The van der Waals surface area contributed by atoms with Crippen LogP contribution in [0.15, 0.2) is 0 Å². The second kappa shape index (κ2) is 5.20. The molecule has 1 rings (SSSR count). The van der Waals surface area contributed by atoms with E-state index in [1.165, 1.54) is 0 Å². The van der Waals surface area contributed by atoms with E-state index >= 15 is 0 Å². The summed E-state index contributed by atoms with van der Waals surface area (Å²) in [5.74, 6) is 0. The zero-order chi connectivity index (χ0) is 20.5. The van der Waals surface area contributed by atoms with Gasteiger partial charge in [-0.3, -0.25) is 4.84 Å². The van der Waals surface area contributed by atoms with Crippen LogP contribution in [0.5, 0.6) is 0 Å². The minimum atomic E-state index is -7.48. The molecule has 1 heterocycles. The standard InChI is InChI=1S/C8H2F15NO/c9-4(10,11)2(5(12,13)14)1-24(2)25-3(6(15,16)17,7(18,19)20)8(21,22)23/h1H2. The van der Waals surface area contributed by atoms with Crippen LogP contribution in [0.25, 0.3) is 0 Å². The van der Waals surface area contributed by atoms with Crippen molar-refractivity contribution in [3.05, 3.63) is 0 Å². The number of hydrogen-bond acceptors (Lipinski definition) is 2. The van der Waals surface area contributed by atoms with Crippen molar-refractivity contribution in [1.29, 1.82) is 0 Å². The predicted molar refractivity (Wildman–Crippen MR) is 43.5 cm³/mol. The Morgan fingerprint density at radius 3 is 1.00 bits per heavy atom. The molecule has 0 radical (unpaired) electrons. The van der Waals surface area contributed by atoms with E-state index < -0.39 is 53.6 Å². The van der Waals surface area contributed by atoms with Crippen LogP contribution in [0.2, 0.25) is 0 Å². The molecule has 0 aliphatic carbocycles. The molecule has 0 aromatic carbocycles. The fraction of sp³-hybridized carbons (Fsp3) is 1.00. The lowest BCUT2D eigenvalue weighted by Gasteiger charge is -2.38. The van der Waals surface area contributed by atoms with Crippen molar-refractivity contribution in [2.24, 2.45) is 0 Å². The zero-order valence-corrected chi connectivity index (χ0v) is 10.7. The summed E-state index contributed by atoms with van der Waals surface area (Å²) in [6.45, 7) is -2.75. The lowest BCUT2D eigenvalue weighted by Crippen LogP contribution is -2.69. The van der Waals surface area contributed by atoms with Gasteiger partial charge in [0.1, 0.15) is 0 Å².